The quantitative estimate of drug-likeness (QED) is 0.784. The molecule has 0 saturated carbocycles. The number of amides is 1. The van der Waals surface area contributed by atoms with Crippen LogP contribution < -0.4 is 10.0 Å². The first kappa shape index (κ1) is 17.7. The topological polar surface area (TPSA) is 75.3 Å². The minimum Gasteiger partial charge on any atom is -0.326 e. The van der Waals surface area contributed by atoms with E-state index in [0.717, 1.165) is 0 Å². The van der Waals surface area contributed by atoms with Crippen LogP contribution in [-0.4, -0.2) is 20.6 Å². The molecule has 5 nitrogen and oxygen atoms in total. The predicted molar refractivity (Wildman–Crippen MR) is 94.8 cm³/mol. The van der Waals surface area contributed by atoms with Crippen LogP contribution in [0.25, 0.3) is 0 Å². The van der Waals surface area contributed by atoms with Crippen molar-refractivity contribution in [3.8, 4) is 0 Å². The highest BCUT2D eigenvalue weighted by Gasteiger charge is 2.19. The largest absolute Gasteiger partial charge is 0.326 e. The van der Waals surface area contributed by atoms with Crippen LogP contribution >= 0.6 is 23.4 Å². The standard InChI is InChI=1S/C15H15ClN2O3S2/c1-10(19)17-12-4-3-5-13(9-12)18-23(20,21)15-8-11(16)6-7-14(15)22-2/h3-9,18H,1-2H3,(H,17,19). The van der Waals surface area contributed by atoms with Gasteiger partial charge in [-0.05, 0) is 42.7 Å². The first-order valence-electron chi connectivity index (χ1n) is 6.56. The predicted octanol–water partition coefficient (Wildman–Crippen LogP) is 3.82. The van der Waals surface area contributed by atoms with Gasteiger partial charge in [-0.2, -0.15) is 0 Å². The van der Waals surface area contributed by atoms with Crippen molar-refractivity contribution >= 4 is 50.7 Å². The van der Waals surface area contributed by atoms with Crippen LogP contribution in [0.1, 0.15) is 6.92 Å². The number of hydrogen-bond acceptors (Lipinski definition) is 4. The van der Waals surface area contributed by atoms with E-state index in [0.29, 0.717) is 21.3 Å². The molecule has 0 spiro atoms. The molecular formula is C15H15ClN2O3S2. The Morgan fingerprint density at radius 2 is 1.83 bits per heavy atom. The van der Waals surface area contributed by atoms with Gasteiger partial charge in [0, 0.05) is 22.5 Å². The van der Waals surface area contributed by atoms with Crippen LogP contribution in [-0.2, 0) is 14.8 Å². The number of sulfonamides is 1. The maximum Gasteiger partial charge on any atom is 0.263 e. The molecule has 0 aliphatic rings. The van der Waals surface area contributed by atoms with Gasteiger partial charge >= 0.3 is 0 Å². The van der Waals surface area contributed by atoms with Gasteiger partial charge in [-0.15, -0.1) is 11.8 Å². The fraction of sp³-hybridized carbons (Fsp3) is 0.133. The van der Waals surface area contributed by atoms with Gasteiger partial charge in [0.1, 0.15) is 4.90 Å². The summed E-state index contributed by atoms with van der Waals surface area (Å²) in [7, 11) is -3.79. The van der Waals surface area contributed by atoms with Crippen LogP contribution in [0.15, 0.2) is 52.3 Å². The van der Waals surface area contributed by atoms with E-state index < -0.39 is 10.0 Å². The van der Waals surface area contributed by atoms with Crippen molar-refractivity contribution in [2.75, 3.05) is 16.3 Å². The molecule has 0 radical (unpaired) electrons. The summed E-state index contributed by atoms with van der Waals surface area (Å²) in [5.41, 5.74) is 0.858. The van der Waals surface area contributed by atoms with Crippen LogP contribution in [0, 0.1) is 0 Å². The Bertz CT molecular complexity index is 838. The highest BCUT2D eigenvalue weighted by molar-refractivity contribution is 7.99. The van der Waals surface area contributed by atoms with Crippen LogP contribution in [0.2, 0.25) is 5.02 Å². The summed E-state index contributed by atoms with van der Waals surface area (Å²) in [4.78, 5) is 11.8. The van der Waals surface area contributed by atoms with Crippen LogP contribution in [0.3, 0.4) is 0 Å². The average molecular weight is 371 g/mol. The molecule has 8 heteroatoms. The summed E-state index contributed by atoms with van der Waals surface area (Å²) in [5.74, 6) is -0.232. The Morgan fingerprint density at radius 3 is 2.48 bits per heavy atom. The van der Waals surface area contributed by atoms with Gasteiger partial charge in [0.05, 0.1) is 5.69 Å². The summed E-state index contributed by atoms with van der Waals surface area (Å²) in [6.45, 7) is 1.38. The molecule has 122 valence electrons. The molecule has 0 aliphatic heterocycles. The summed E-state index contributed by atoms with van der Waals surface area (Å²) in [5, 5.41) is 2.95. The fourth-order valence-electron chi connectivity index (χ4n) is 1.93. The molecule has 2 N–H and O–H groups in total. The second-order valence-corrected chi connectivity index (χ2v) is 7.60. The van der Waals surface area contributed by atoms with Crippen LogP contribution in [0.4, 0.5) is 11.4 Å². The van der Waals surface area contributed by atoms with Crippen molar-refractivity contribution in [3.63, 3.8) is 0 Å². The van der Waals surface area contributed by atoms with Gasteiger partial charge in [0.2, 0.25) is 5.91 Å². The van der Waals surface area contributed by atoms with Gasteiger partial charge in [0.25, 0.3) is 10.0 Å². The first-order chi connectivity index (χ1) is 10.8. The molecule has 2 aromatic rings. The summed E-state index contributed by atoms with van der Waals surface area (Å²) >= 11 is 7.23. The maximum absolute atomic E-state index is 12.6. The van der Waals surface area contributed by atoms with Crippen molar-refractivity contribution < 1.29 is 13.2 Å². The van der Waals surface area contributed by atoms with Crippen molar-refractivity contribution in [3.05, 3.63) is 47.5 Å². The fourth-order valence-corrected chi connectivity index (χ4v) is 4.38. The number of benzene rings is 2. The number of nitrogens with one attached hydrogen (secondary N) is 2. The Labute approximate surface area is 144 Å². The molecule has 0 aromatic heterocycles. The van der Waals surface area contributed by atoms with E-state index in [4.69, 9.17) is 11.6 Å². The molecule has 1 amide bonds. The minimum absolute atomic E-state index is 0.113. The molecule has 2 rings (SSSR count). The zero-order valence-corrected chi connectivity index (χ0v) is 14.8. The number of thioether (sulfide) groups is 1. The lowest BCUT2D eigenvalue weighted by molar-refractivity contribution is -0.114. The van der Waals surface area contributed by atoms with E-state index in [1.807, 2.05) is 0 Å². The van der Waals surface area contributed by atoms with Gasteiger partial charge in [-0.3, -0.25) is 9.52 Å². The lowest BCUT2D eigenvalue weighted by Gasteiger charge is -2.12. The summed E-state index contributed by atoms with van der Waals surface area (Å²) < 4.78 is 27.7. The lowest BCUT2D eigenvalue weighted by atomic mass is 10.3. The number of carbonyl (C=O) groups excluding carboxylic acids is 1. The molecule has 0 aliphatic carbocycles. The van der Waals surface area contributed by atoms with Crippen molar-refractivity contribution in [1.29, 1.82) is 0 Å². The van der Waals surface area contributed by atoms with E-state index in [1.165, 1.54) is 24.8 Å². The third kappa shape index (κ3) is 4.63. The Morgan fingerprint density at radius 1 is 1.13 bits per heavy atom. The molecule has 0 fully saturated rings. The third-order valence-corrected chi connectivity index (χ3v) is 5.43. The molecule has 2 aromatic carbocycles. The van der Waals surface area contributed by atoms with Crippen LogP contribution in [0.5, 0.6) is 0 Å². The number of rotatable bonds is 5. The van der Waals surface area contributed by atoms with E-state index in [1.54, 1.807) is 42.7 Å². The second-order valence-electron chi connectivity index (χ2n) is 4.66. The third-order valence-electron chi connectivity index (χ3n) is 2.85. The Hall–Kier alpha value is -1.70. The summed E-state index contributed by atoms with van der Waals surface area (Å²) in [6.07, 6.45) is 1.79. The van der Waals surface area contributed by atoms with Crippen molar-refractivity contribution in [2.24, 2.45) is 0 Å². The van der Waals surface area contributed by atoms with E-state index in [-0.39, 0.29) is 10.8 Å². The molecule has 0 bridgehead atoms. The highest BCUT2D eigenvalue weighted by Crippen LogP contribution is 2.29. The smallest absolute Gasteiger partial charge is 0.263 e. The highest BCUT2D eigenvalue weighted by atomic mass is 35.5. The molecule has 0 saturated heterocycles. The Balaban J connectivity index is 2.35. The second kappa shape index (κ2) is 7.25. The zero-order chi connectivity index (χ0) is 17.0. The number of hydrogen-bond donors (Lipinski definition) is 2. The molecule has 0 atom stereocenters. The number of carbonyl (C=O) groups is 1. The molecule has 0 unspecified atom stereocenters. The normalized spacial score (nSPS) is 11.1. The van der Waals surface area contributed by atoms with Gasteiger partial charge in [-0.1, -0.05) is 17.7 Å². The Kier molecular flexibility index (Phi) is 5.56. The molecule has 0 heterocycles. The van der Waals surface area contributed by atoms with Crippen molar-refractivity contribution in [2.45, 2.75) is 16.7 Å². The van der Waals surface area contributed by atoms with E-state index in [2.05, 4.69) is 10.0 Å². The maximum atomic E-state index is 12.6. The zero-order valence-electron chi connectivity index (χ0n) is 12.5. The summed E-state index contributed by atoms with van der Waals surface area (Å²) in [6, 6.07) is 11.2. The van der Waals surface area contributed by atoms with Gasteiger partial charge in [-0.25, -0.2) is 8.42 Å². The lowest BCUT2D eigenvalue weighted by Crippen LogP contribution is -2.14. The first-order valence-corrected chi connectivity index (χ1v) is 9.64. The molecule has 23 heavy (non-hydrogen) atoms. The van der Waals surface area contributed by atoms with Gasteiger partial charge < -0.3 is 5.32 Å². The monoisotopic (exact) mass is 370 g/mol. The number of anilines is 2. The number of halogens is 1. The van der Waals surface area contributed by atoms with Gasteiger partial charge in [0.15, 0.2) is 0 Å². The SMILES string of the molecule is CSc1ccc(Cl)cc1S(=O)(=O)Nc1cccc(NC(C)=O)c1. The molecular weight excluding hydrogens is 356 g/mol. The van der Waals surface area contributed by atoms with E-state index >= 15 is 0 Å². The minimum atomic E-state index is -3.79. The van der Waals surface area contributed by atoms with Crippen molar-refractivity contribution in [1.82, 2.24) is 0 Å². The average Bonchev–Trinajstić information content (AvgIpc) is 2.46. The van der Waals surface area contributed by atoms with E-state index in [9.17, 15) is 13.2 Å².